The number of hydrogen-bond acceptors (Lipinski definition) is 2. The maximum atomic E-state index is 13.7. The Kier molecular flexibility index (Phi) is 4.19. The van der Waals surface area contributed by atoms with Crippen molar-refractivity contribution in [3.63, 3.8) is 0 Å². The average molecular weight is 271 g/mol. The molecule has 0 radical (unpaired) electrons. The van der Waals surface area contributed by atoms with Gasteiger partial charge < -0.3 is 9.30 Å². The van der Waals surface area contributed by atoms with Crippen molar-refractivity contribution in [1.29, 1.82) is 0 Å². The van der Waals surface area contributed by atoms with Crippen LogP contribution in [0, 0.1) is 5.82 Å². The van der Waals surface area contributed by atoms with Gasteiger partial charge in [0.15, 0.2) is 5.82 Å². The predicted molar refractivity (Wildman–Crippen MR) is 70.5 cm³/mol. The summed E-state index contributed by atoms with van der Waals surface area (Å²) in [7, 11) is 1.66. The molecular formula is C13H16ClFN2O. The predicted octanol–water partition coefficient (Wildman–Crippen LogP) is 3.51. The van der Waals surface area contributed by atoms with Gasteiger partial charge in [0.2, 0.25) is 0 Å². The molecule has 1 aromatic carbocycles. The molecule has 18 heavy (non-hydrogen) atoms. The number of aryl methyl sites for hydroxylation is 1. The second-order valence-corrected chi connectivity index (χ2v) is 4.85. The summed E-state index contributed by atoms with van der Waals surface area (Å²) in [5.74, 6) is 0.393. The Morgan fingerprint density at radius 2 is 2.28 bits per heavy atom. The molecular weight excluding hydrogens is 255 g/mol. The summed E-state index contributed by atoms with van der Waals surface area (Å²) in [6.07, 6.45) is 0.842. The Labute approximate surface area is 111 Å². The quantitative estimate of drug-likeness (QED) is 0.614. The van der Waals surface area contributed by atoms with E-state index in [2.05, 4.69) is 4.98 Å². The lowest BCUT2D eigenvalue weighted by atomic mass is 10.3. The molecule has 0 saturated heterocycles. The van der Waals surface area contributed by atoms with Gasteiger partial charge in [0, 0.05) is 20.3 Å². The average Bonchev–Trinajstić information content (AvgIpc) is 2.70. The highest BCUT2D eigenvalue weighted by molar-refractivity contribution is 6.20. The van der Waals surface area contributed by atoms with Gasteiger partial charge in [-0.2, -0.15) is 0 Å². The van der Waals surface area contributed by atoms with Gasteiger partial charge in [0.1, 0.15) is 11.3 Å². The van der Waals surface area contributed by atoms with Crippen molar-refractivity contribution in [1.82, 2.24) is 9.55 Å². The molecule has 0 bridgehead atoms. The van der Waals surface area contributed by atoms with Crippen LogP contribution in [0.2, 0.25) is 0 Å². The second kappa shape index (κ2) is 5.67. The first-order valence-corrected chi connectivity index (χ1v) is 6.36. The van der Waals surface area contributed by atoms with Gasteiger partial charge in [-0.15, -0.1) is 11.6 Å². The second-order valence-electron chi connectivity index (χ2n) is 4.19. The van der Waals surface area contributed by atoms with Crippen molar-refractivity contribution in [3.8, 4) is 0 Å². The molecule has 98 valence electrons. The van der Waals surface area contributed by atoms with E-state index in [1.54, 1.807) is 13.2 Å². The Bertz CT molecular complexity index is 539. The van der Waals surface area contributed by atoms with Gasteiger partial charge in [-0.25, -0.2) is 9.37 Å². The van der Waals surface area contributed by atoms with Crippen molar-refractivity contribution in [2.24, 2.45) is 0 Å². The molecule has 0 aliphatic carbocycles. The summed E-state index contributed by atoms with van der Waals surface area (Å²) in [5, 5.41) is -0.251. The Balaban J connectivity index is 2.46. The number of methoxy groups -OCH3 is 1. The third-order valence-electron chi connectivity index (χ3n) is 2.85. The molecule has 1 heterocycles. The van der Waals surface area contributed by atoms with Crippen LogP contribution in [0.5, 0.6) is 0 Å². The van der Waals surface area contributed by atoms with Gasteiger partial charge >= 0.3 is 0 Å². The first-order valence-electron chi connectivity index (χ1n) is 5.92. The van der Waals surface area contributed by atoms with E-state index in [4.69, 9.17) is 16.3 Å². The number of fused-ring (bicyclic) bond motifs is 1. The zero-order chi connectivity index (χ0) is 13.1. The van der Waals surface area contributed by atoms with Crippen LogP contribution in [0.25, 0.3) is 11.0 Å². The molecule has 0 spiro atoms. The van der Waals surface area contributed by atoms with E-state index in [9.17, 15) is 4.39 Å². The van der Waals surface area contributed by atoms with Gasteiger partial charge in [0.05, 0.1) is 10.9 Å². The van der Waals surface area contributed by atoms with E-state index in [0.29, 0.717) is 17.9 Å². The van der Waals surface area contributed by atoms with E-state index in [-0.39, 0.29) is 11.2 Å². The lowest BCUT2D eigenvalue weighted by molar-refractivity contribution is 0.190. The smallest absolute Gasteiger partial charge is 0.151 e. The van der Waals surface area contributed by atoms with Gasteiger partial charge in [0.25, 0.3) is 0 Å². The Morgan fingerprint density at radius 1 is 1.50 bits per heavy atom. The topological polar surface area (TPSA) is 27.1 Å². The molecule has 0 N–H and O–H groups in total. The number of para-hydroxylation sites is 1. The SMILES string of the molecule is COCCCn1c(C(C)Cl)nc2c(F)cccc21. The largest absolute Gasteiger partial charge is 0.385 e. The standard InChI is InChI=1S/C13H16ClFN2O/c1-9(14)13-16-12-10(15)5-3-6-11(12)17(13)7-4-8-18-2/h3,5-6,9H,4,7-8H2,1-2H3. The zero-order valence-corrected chi connectivity index (χ0v) is 11.2. The van der Waals surface area contributed by atoms with E-state index in [0.717, 1.165) is 18.5 Å². The monoisotopic (exact) mass is 270 g/mol. The molecule has 2 rings (SSSR count). The van der Waals surface area contributed by atoms with Crippen molar-refractivity contribution in [3.05, 3.63) is 29.8 Å². The van der Waals surface area contributed by atoms with E-state index in [1.165, 1.54) is 6.07 Å². The third-order valence-corrected chi connectivity index (χ3v) is 3.04. The summed E-state index contributed by atoms with van der Waals surface area (Å²) in [6.45, 7) is 3.22. The third kappa shape index (κ3) is 2.49. The fourth-order valence-electron chi connectivity index (χ4n) is 2.04. The number of benzene rings is 1. The number of halogens is 2. The summed E-state index contributed by atoms with van der Waals surface area (Å²) in [4.78, 5) is 4.31. The van der Waals surface area contributed by atoms with E-state index >= 15 is 0 Å². The van der Waals surface area contributed by atoms with Crippen LogP contribution in [0.3, 0.4) is 0 Å². The first-order chi connectivity index (χ1) is 8.65. The highest BCUT2D eigenvalue weighted by Crippen LogP contribution is 2.26. The van der Waals surface area contributed by atoms with Crippen LogP contribution in [0.1, 0.15) is 24.5 Å². The summed E-state index contributed by atoms with van der Waals surface area (Å²) < 4.78 is 20.7. The Morgan fingerprint density at radius 3 is 2.94 bits per heavy atom. The van der Waals surface area contributed by atoms with Crippen LogP contribution in [-0.2, 0) is 11.3 Å². The molecule has 1 unspecified atom stereocenters. The maximum Gasteiger partial charge on any atom is 0.151 e. The molecule has 3 nitrogen and oxygen atoms in total. The van der Waals surface area contributed by atoms with Crippen LogP contribution < -0.4 is 0 Å². The number of aromatic nitrogens is 2. The zero-order valence-electron chi connectivity index (χ0n) is 10.5. The minimum Gasteiger partial charge on any atom is -0.385 e. The fraction of sp³-hybridized carbons (Fsp3) is 0.462. The maximum absolute atomic E-state index is 13.7. The van der Waals surface area contributed by atoms with Crippen molar-refractivity contribution >= 4 is 22.6 Å². The van der Waals surface area contributed by atoms with Crippen LogP contribution >= 0.6 is 11.6 Å². The molecule has 0 saturated carbocycles. The van der Waals surface area contributed by atoms with Gasteiger partial charge in [-0.3, -0.25) is 0 Å². The van der Waals surface area contributed by atoms with Crippen LogP contribution in [0.4, 0.5) is 4.39 Å². The number of rotatable bonds is 5. The molecule has 0 fully saturated rings. The summed E-state index contributed by atoms with van der Waals surface area (Å²) >= 11 is 6.11. The van der Waals surface area contributed by atoms with Crippen molar-refractivity contribution in [2.75, 3.05) is 13.7 Å². The van der Waals surface area contributed by atoms with E-state index in [1.807, 2.05) is 17.6 Å². The first kappa shape index (κ1) is 13.3. The van der Waals surface area contributed by atoms with Gasteiger partial charge in [-0.05, 0) is 25.5 Å². The lowest BCUT2D eigenvalue weighted by Gasteiger charge is -2.09. The highest BCUT2D eigenvalue weighted by Gasteiger charge is 2.16. The van der Waals surface area contributed by atoms with Crippen LogP contribution in [-0.4, -0.2) is 23.3 Å². The summed E-state index contributed by atoms with van der Waals surface area (Å²) in [5.41, 5.74) is 1.17. The van der Waals surface area contributed by atoms with Crippen molar-refractivity contribution < 1.29 is 9.13 Å². The summed E-state index contributed by atoms with van der Waals surface area (Å²) in [6, 6.07) is 4.97. The molecule has 0 amide bonds. The normalized spacial score (nSPS) is 13.1. The molecule has 5 heteroatoms. The van der Waals surface area contributed by atoms with Gasteiger partial charge in [-0.1, -0.05) is 6.07 Å². The molecule has 1 atom stereocenters. The molecule has 0 aliphatic rings. The number of nitrogens with zero attached hydrogens (tertiary/aromatic N) is 2. The minimum absolute atomic E-state index is 0.251. The van der Waals surface area contributed by atoms with E-state index < -0.39 is 0 Å². The van der Waals surface area contributed by atoms with Crippen molar-refractivity contribution in [2.45, 2.75) is 25.3 Å². The molecule has 2 aromatic rings. The number of imidazole rings is 1. The molecule has 0 aliphatic heterocycles. The fourth-order valence-corrected chi connectivity index (χ4v) is 2.20. The number of hydrogen-bond donors (Lipinski definition) is 0. The number of ether oxygens (including phenoxy) is 1. The van der Waals surface area contributed by atoms with Crippen LogP contribution in [0.15, 0.2) is 18.2 Å². The number of alkyl halides is 1. The Hall–Kier alpha value is -1.13. The minimum atomic E-state index is -0.309. The highest BCUT2D eigenvalue weighted by atomic mass is 35.5. The molecule has 1 aromatic heterocycles. The lowest BCUT2D eigenvalue weighted by Crippen LogP contribution is -2.06.